The summed E-state index contributed by atoms with van der Waals surface area (Å²) in [5.74, 6) is -1.12. The van der Waals surface area contributed by atoms with Crippen LogP contribution in [0.1, 0.15) is 41.0 Å². The molecular formula is C30H26N4O4S. The van der Waals surface area contributed by atoms with Crippen LogP contribution in [0.3, 0.4) is 0 Å². The number of aromatic nitrogens is 3. The zero-order valence-corrected chi connectivity index (χ0v) is 22.7. The number of pyridine rings is 1. The number of amides is 1. The lowest BCUT2D eigenvalue weighted by Gasteiger charge is -2.23. The van der Waals surface area contributed by atoms with E-state index in [9.17, 15) is 14.7 Å². The van der Waals surface area contributed by atoms with E-state index in [0.29, 0.717) is 40.1 Å². The molecule has 39 heavy (non-hydrogen) atoms. The predicted molar refractivity (Wildman–Crippen MR) is 151 cm³/mol. The predicted octanol–water partition coefficient (Wildman–Crippen LogP) is 5.89. The molecule has 5 aromatic rings. The van der Waals surface area contributed by atoms with Gasteiger partial charge in [0.25, 0.3) is 5.78 Å². The van der Waals surface area contributed by atoms with E-state index in [0.717, 1.165) is 21.3 Å². The van der Waals surface area contributed by atoms with Gasteiger partial charge in [-0.25, -0.2) is 9.97 Å². The summed E-state index contributed by atoms with van der Waals surface area (Å²) in [5, 5.41) is 12.1. The van der Waals surface area contributed by atoms with Gasteiger partial charge < -0.3 is 9.84 Å². The summed E-state index contributed by atoms with van der Waals surface area (Å²) in [5.41, 5.74) is 5.04. The Morgan fingerprint density at radius 3 is 2.56 bits per heavy atom. The summed E-state index contributed by atoms with van der Waals surface area (Å²) in [6.45, 7) is 8.16. The number of nitrogens with zero attached hydrogens (tertiary/aromatic N) is 4. The Kier molecular flexibility index (Phi) is 5.95. The molecule has 196 valence electrons. The molecule has 3 aromatic heterocycles. The molecule has 0 saturated carbocycles. The lowest BCUT2D eigenvalue weighted by molar-refractivity contribution is -0.132. The lowest BCUT2D eigenvalue weighted by atomic mass is 9.96. The smallest absolute Gasteiger partial charge is 0.301 e. The third-order valence-corrected chi connectivity index (χ3v) is 7.91. The third-order valence-electron chi connectivity index (χ3n) is 6.90. The van der Waals surface area contributed by atoms with Gasteiger partial charge in [0.15, 0.2) is 10.9 Å². The van der Waals surface area contributed by atoms with Crippen molar-refractivity contribution in [3.63, 3.8) is 0 Å². The summed E-state index contributed by atoms with van der Waals surface area (Å²) < 4.78 is 8.25. The number of fused-ring (bicyclic) bond motifs is 2. The van der Waals surface area contributed by atoms with Gasteiger partial charge in [0, 0.05) is 6.20 Å². The van der Waals surface area contributed by atoms with Crippen LogP contribution in [0.2, 0.25) is 0 Å². The maximum absolute atomic E-state index is 13.7. The quantitative estimate of drug-likeness (QED) is 0.170. The number of thiazole rings is 1. The molecule has 6 rings (SSSR count). The second-order valence-corrected chi connectivity index (χ2v) is 10.6. The number of aryl methyl sites for hydroxylation is 3. The van der Waals surface area contributed by atoms with E-state index in [1.807, 2.05) is 63.2 Å². The summed E-state index contributed by atoms with van der Waals surface area (Å²) in [6.07, 6.45) is 1.77. The van der Waals surface area contributed by atoms with E-state index < -0.39 is 17.7 Å². The number of aliphatic hydroxyl groups is 1. The zero-order chi connectivity index (χ0) is 27.4. The largest absolute Gasteiger partial charge is 0.505 e. The van der Waals surface area contributed by atoms with Crippen LogP contribution in [0, 0.1) is 20.8 Å². The number of anilines is 1. The van der Waals surface area contributed by atoms with Gasteiger partial charge >= 0.3 is 5.91 Å². The van der Waals surface area contributed by atoms with Crippen molar-refractivity contribution < 1.29 is 19.4 Å². The van der Waals surface area contributed by atoms with Gasteiger partial charge in [-0.05, 0) is 74.7 Å². The summed E-state index contributed by atoms with van der Waals surface area (Å²) in [4.78, 5) is 38.1. The number of imidazole rings is 1. The Morgan fingerprint density at radius 2 is 1.82 bits per heavy atom. The standard InChI is InChI=1S/C30H26N4O4S/c1-5-38-20-11-9-19(10-12-20)26-23(27(35)25-18(4)31-22-8-6-7-13-33(22)25)28(36)29(37)34(26)30-32-24-17(3)14-16(2)15-21(24)39-30/h6-15,26,35H,5H2,1-4H3. The molecule has 8 nitrogen and oxygen atoms in total. The van der Waals surface area contributed by atoms with Crippen LogP contribution in [0.4, 0.5) is 5.13 Å². The van der Waals surface area contributed by atoms with Gasteiger partial charge in [0.1, 0.15) is 17.1 Å². The number of Topliss-reactive ketones (excluding diaryl/α,β-unsaturated/α-hetero) is 1. The van der Waals surface area contributed by atoms with Gasteiger partial charge in [-0.2, -0.15) is 0 Å². The van der Waals surface area contributed by atoms with Gasteiger partial charge in [-0.3, -0.25) is 18.9 Å². The van der Waals surface area contributed by atoms with Crippen LogP contribution in [0.5, 0.6) is 5.75 Å². The maximum atomic E-state index is 13.7. The average Bonchev–Trinajstić information content (AvgIpc) is 3.56. The molecule has 1 amide bonds. The highest BCUT2D eigenvalue weighted by Gasteiger charge is 2.48. The van der Waals surface area contributed by atoms with Crippen molar-refractivity contribution in [2.75, 3.05) is 11.5 Å². The first kappa shape index (κ1) is 24.8. The molecule has 4 heterocycles. The molecule has 1 saturated heterocycles. The first-order valence-corrected chi connectivity index (χ1v) is 13.5. The fourth-order valence-corrected chi connectivity index (χ4v) is 6.41. The monoisotopic (exact) mass is 538 g/mol. The Hall–Kier alpha value is -4.50. The number of ketones is 1. The number of carbonyl (C=O) groups is 2. The number of rotatable bonds is 5. The highest BCUT2D eigenvalue weighted by atomic mass is 32.1. The van der Waals surface area contributed by atoms with E-state index in [2.05, 4.69) is 4.98 Å². The molecule has 0 spiro atoms. The van der Waals surface area contributed by atoms with Gasteiger partial charge in [-0.15, -0.1) is 0 Å². The molecular weight excluding hydrogens is 512 g/mol. The number of carbonyl (C=O) groups excluding carboxylic acids is 2. The Balaban J connectivity index is 1.59. The van der Waals surface area contributed by atoms with Gasteiger partial charge in [0.2, 0.25) is 0 Å². The first-order chi connectivity index (χ1) is 18.8. The number of ether oxygens (including phenoxy) is 1. The topological polar surface area (TPSA) is 97.0 Å². The van der Waals surface area contributed by atoms with Crippen LogP contribution in [0.25, 0.3) is 21.6 Å². The average molecular weight is 539 g/mol. The molecule has 1 aliphatic rings. The van der Waals surface area contributed by atoms with E-state index in [4.69, 9.17) is 9.72 Å². The molecule has 0 aliphatic carbocycles. The second kappa shape index (κ2) is 9.36. The van der Waals surface area contributed by atoms with E-state index in [1.54, 1.807) is 29.7 Å². The first-order valence-electron chi connectivity index (χ1n) is 12.6. The van der Waals surface area contributed by atoms with Crippen molar-refractivity contribution in [1.29, 1.82) is 0 Å². The molecule has 1 fully saturated rings. The number of aliphatic hydroxyl groups excluding tert-OH is 1. The summed E-state index contributed by atoms with van der Waals surface area (Å²) in [6, 6.07) is 15.9. The number of hydrogen-bond acceptors (Lipinski definition) is 7. The fraction of sp³-hybridized carbons (Fsp3) is 0.200. The lowest BCUT2D eigenvalue weighted by Crippen LogP contribution is -2.29. The highest BCUT2D eigenvalue weighted by Crippen LogP contribution is 2.45. The Morgan fingerprint density at radius 1 is 1.05 bits per heavy atom. The molecule has 1 unspecified atom stereocenters. The van der Waals surface area contributed by atoms with Crippen LogP contribution in [-0.2, 0) is 9.59 Å². The molecule has 0 radical (unpaired) electrons. The van der Waals surface area contributed by atoms with Crippen molar-refractivity contribution in [3.8, 4) is 5.75 Å². The highest BCUT2D eigenvalue weighted by molar-refractivity contribution is 7.22. The van der Waals surface area contributed by atoms with E-state index in [1.165, 1.54) is 16.2 Å². The fourth-order valence-electron chi connectivity index (χ4n) is 5.25. The molecule has 1 N–H and O–H groups in total. The molecule has 2 aromatic carbocycles. The normalized spacial score (nSPS) is 17.0. The van der Waals surface area contributed by atoms with Gasteiger partial charge in [-0.1, -0.05) is 35.6 Å². The van der Waals surface area contributed by atoms with Crippen LogP contribution >= 0.6 is 11.3 Å². The van der Waals surface area contributed by atoms with Crippen molar-refractivity contribution in [2.24, 2.45) is 0 Å². The van der Waals surface area contributed by atoms with Crippen LogP contribution < -0.4 is 9.64 Å². The van der Waals surface area contributed by atoms with Crippen LogP contribution in [-0.4, -0.2) is 37.8 Å². The Labute approximate surface area is 228 Å². The van der Waals surface area contributed by atoms with Crippen molar-refractivity contribution in [3.05, 3.63) is 94.4 Å². The molecule has 0 bridgehead atoms. The van der Waals surface area contributed by atoms with E-state index in [-0.39, 0.29) is 11.3 Å². The minimum atomic E-state index is -0.892. The second-order valence-electron chi connectivity index (χ2n) is 9.57. The van der Waals surface area contributed by atoms with Crippen molar-refractivity contribution >= 4 is 49.8 Å². The van der Waals surface area contributed by atoms with Gasteiger partial charge in [0.05, 0.1) is 34.1 Å². The molecule has 1 aliphatic heterocycles. The summed E-state index contributed by atoms with van der Waals surface area (Å²) >= 11 is 1.35. The Bertz CT molecular complexity index is 1820. The van der Waals surface area contributed by atoms with E-state index >= 15 is 0 Å². The maximum Gasteiger partial charge on any atom is 0.301 e. The molecule has 9 heteroatoms. The number of hydrogen-bond donors (Lipinski definition) is 1. The van der Waals surface area contributed by atoms with Crippen LogP contribution in [0.15, 0.2) is 66.4 Å². The zero-order valence-electron chi connectivity index (χ0n) is 21.9. The minimum absolute atomic E-state index is 0.00919. The minimum Gasteiger partial charge on any atom is -0.505 e. The number of benzene rings is 2. The summed E-state index contributed by atoms with van der Waals surface area (Å²) in [7, 11) is 0. The molecule has 1 atom stereocenters. The SMILES string of the molecule is CCOc1ccc(C2C(=C(O)c3c(C)nc4ccccn34)C(=O)C(=O)N2c2nc3c(C)cc(C)cc3s2)cc1. The third kappa shape index (κ3) is 3.97. The van der Waals surface area contributed by atoms with Crippen molar-refractivity contribution in [2.45, 2.75) is 33.7 Å². The van der Waals surface area contributed by atoms with Crippen molar-refractivity contribution in [1.82, 2.24) is 14.4 Å².